The molecule has 2 heterocycles. The van der Waals surface area contributed by atoms with Crippen LogP contribution in [0.4, 0.5) is 0 Å². The lowest BCUT2D eigenvalue weighted by molar-refractivity contribution is 0.812. The van der Waals surface area contributed by atoms with Crippen LogP contribution in [0.1, 0.15) is 10.4 Å². The SMILES string of the molecule is CN=C(NCc1ccn(C)c1)NCc1cccs1.I. The summed E-state index contributed by atoms with van der Waals surface area (Å²) in [5.74, 6) is 0.826. The number of nitrogens with one attached hydrogen (secondary N) is 2. The zero-order valence-corrected chi connectivity index (χ0v) is 14.2. The minimum atomic E-state index is 0. The van der Waals surface area contributed by atoms with Gasteiger partial charge in [0.25, 0.3) is 0 Å². The van der Waals surface area contributed by atoms with Gasteiger partial charge in [0.15, 0.2) is 5.96 Å². The second-order valence-electron chi connectivity index (χ2n) is 4.04. The summed E-state index contributed by atoms with van der Waals surface area (Å²) < 4.78 is 2.04. The molecule has 0 amide bonds. The van der Waals surface area contributed by atoms with Gasteiger partial charge in [-0.3, -0.25) is 4.99 Å². The Morgan fingerprint density at radius 3 is 2.68 bits per heavy atom. The Morgan fingerprint density at radius 1 is 1.32 bits per heavy atom. The smallest absolute Gasteiger partial charge is 0.191 e. The van der Waals surface area contributed by atoms with Crippen molar-refractivity contribution in [1.29, 1.82) is 0 Å². The van der Waals surface area contributed by atoms with Gasteiger partial charge in [-0.05, 0) is 23.1 Å². The molecule has 0 aliphatic carbocycles. The highest BCUT2D eigenvalue weighted by molar-refractivity contribution is 14.0. The molecule has 0 saturated heterocycles. The fourth-order valence-electron chi connectivity index (χ4n) is 1.66. The van der Waals surface area contributed by atoms with Crippen LogP contribution in [0.3, 0.4) is 0 Å². The van der Waals surface area contributed by atoms with E-state index in [4.69, 9.17) is 0 Å². The summed E-state index contributed by atoms with van der Waals surface area (Å²) >= 11 is 1.74. The molecule has 0 spiro atoms. The molecule has 2 rings (SSSR count). The lowest BCUT2D eigenvalue weighted by Crippen LogP contribution is -2.36. The maximum absolute atomic E-state index is 4.20. The number of nitrogens with zero attached hydrogens (tertiary/aromatic N) is 2. The molecule has 0 aliphatic rings. The zero-order valence-electron chi connectivity index (χ0n) is 11.1. The van der Waals surface area contributed by atoms with Gasteiger partial charge in [-0.15, -0.1) is 35.3 Å². The minimum Gasteiger partial charge on any atom is -0.357 e. The summed E-state index contributed by atoms with van der Waals surface area (Å²) in [5, 5.41) is 8.66. The van der Waals surface area contributed by atoms with E-state index in [0.717, 1.165) is 19.0 Å². The Hall–Kier alpha value is -1.02. The maximum atomic E-state index is 4.20. The molecular weight excluding hydrogens is 371 g/mol. The van der Waals surface area contributed by atoms with Gasteiger partial charge < -0.3 is 15.2 Å². The largest absolute Gasteiger partial charge is 0.357 e. The van der Waals surface area contributed by atoms with Crippen LogP contribution in [-0.2, 0) is 20.1 Å². The highest BCUT2D eigenvalue weighted by Gasteiger charge is 2.00. The fourth-order valence-corrected chi connectivity index (χ4v) is 2.30. The van der Waals surface area contributed by atoms with E-state index in [1.165, 1.54) is 10.4 Å². The molecule has 104 valence electrons. The summed E-state index contributed by atoms with van der Waals surface area (Å²) in [6.07, 6.45) is 4.14. The van der Waals surface area contributed by atoms with Crippen molar-refractivity contribution >= 4 is 41.3 Å². The average Bonchev–Trinajstić information content (AvgIpc) is 3.01. The maximum Gasteiger partial charge on any atom is 0.191 e. The number of aromatic nitrogens is 1. The number of hydrogen-bond donors (Lipinski definition) is 2. The van der Waals surface area contributed by atoms with Crippen molar-refractivity contribution in [2.45, 2.75) is 13.1 Å². The summed E-state index contributed by atoms with van der Waals surface area (Å²) in [6.45, 7) is 1.59. The third kappa shape index (κ3) is 5.23. The lowest BCUT2D eigenvalue weighted by atomic mass is 10.3. The van der Waals surface area contributed by atoms with E-state index in [1.807, 2.05) is 17.8 Å². The predicted octanol–water partition coefficient (Wildman–Crippen LogP) is 2.57. The third-order valence-electron chi connectivity index (χ3n) is 2.59. The van der Waals surface area contributed by atoms with Crippen LogP contribution >= 0.6 is 35.3 Å². The number of halogens is 1. The lowest BCUT2D eigenvalue weighted by Gasteiger charge is -2.10. The van der Waals surface area contributed by atoms with Crippen LogP contribution in [0.5, 0.6) is 0 Å². The molecule has 0 radical (unpaired) electrons. The fraction of sp³-hybridized carbons (Fsp3) is 0.308. The Kier molecular flexibility index (Phi) is 6.93. The van der Waals surface area contributed by atoms with Crippen LogP contribution in [0.25, 0.3) is 0 Å². The molecule has 2 N–H and O–H groups in total. The first-order valence-corrected chi connectivity index (χ1v) is 6.73. The topological polar surface area (TPSA) is 41.4 Å². The van der Waals surface area contributed by atoms with Gasteiger partial charge in [0.1, 0.15) is 0 Å². The Labute approximate surface area is 135 Å². The number of aliphatic imine (C=N–C) groups is 1. The highest BCUT2D eigenvalue weighted by atomic mass is 127. The summed E-state index contributed by atoms with van der Waals surface area (Å²) in [6, 6.07) is 6.27. The third-order valence-corrected chi connectivity index (χ3v) is 3.46. The molecule has 0 unspecified atom stereocenters. The van der Waals surface area contributed by atoms with E-state index in [0.29, 0.717) is 0 Å². The van der Waals surface area contributed by atoms with E-state index in [9.17, 15) is 0 Å². The van der Waals surface area contributed by atoms with Crippen molar-refractivity contribution < 1.29 is 0 Å². The molecule has 0 fully saturated rings. The van der Waals surface area contributed by atoms with E-state index in [2.05, 4.69) is 45.4 Å². The number of rotatable bonds is 4. The molecule has 0 aromatic carbocycles. The summed E-state index contributed by atoms with van der Waals surface area (Å²) in [5.41, 5.74) is 1.25. The molecule has 6 heteroatoms. The molecule has 4 nitrogen and oxygen atoms in total. The molecular formula is C13H19IN4S. The predicted molar refractivity (Wildman–Crippen MR) is 92.2 cm³/mol. The average molecular weight is 390 g/mol. The molecule has 2 aromatic rings. The van der Waals surface area contributed by atoms with E-state index in [1.54, 1.807) is 18.4 Å². The number of guanidine groups is 1. The van der Waals surface area contributed by atoms with Crippen molar-refractivity contribution in [3.05, 3.63) is 46.4 Å². The van der Waals surface area contributed by atoms with Gasteiger partial charge in [0.05, 0.1) is 6.54 Å². The number of thiophene rings is 1. The van der Waals surface area contributed by atoms with Crippen LogP contribution in [0, 0.1) is 0 Å². The van der Waals surface area contributed by atoms with Gasteiger partial charge in [0, 0.05) is 37.9 Å². The van der Waals surface area contributed by atoms with Crippen molar-refractivity contribution in [2.75, 3.05) is 7.05 Å². The van der Waals surface area contributed by atoms with Crippen LogP contribution in [0.15, 0.2) is 41.0 Å². The van der Waals surface area contributed by atoms with Gasteiger partial charge in [-0.25, -0.2) is 0 Å². The summed E-state index contributed by atoms with van der Waals surface area (Å²) in [7, 11) is 3.81. The van der Waals surface area contributed by atoms with Gasteiger partial charge in [-0.2, -0.15) is 0 Å². The normalized spacial score (nSPS) is 10.9. The Balaban J connectivity index is 0.00000180. The van der Waals surface area contributed by atoms with E-state index >= 15 is 0 Å². The molecule has 0 aliphatic heterocycles. The monoisotopic (exact) mass is 390 g/mol. The quantitative estimate of drug-likeness (QED) is 0.479. The first kappa shape index (κ1) is 16.0. The van der Waals surface area contributed by atoms with Crippen molar-refractivity contribution in [3.8, 4) is 0 Å². The molecule has 0 atom stereocenters. The second-order valence-corrected chi connectivity index (χ2v) is 5.08. The van der Waals surface area contributed by atoms with Crippen molar-refractivity contribution in [1.82, 2.24) is 15.2 Å². The van der Waals surface area contributed by atoms with E-state index in [-0.39, 0.29) is 24.0 Å². The van der Waals surface area contributed by atoms with Crippen molar-refractivity contribution in [2.24, 2.45) is 12.0 Å². The second kappa shape index (κ2) is 8.21. The first-order valence-electron chi connectivity index (χ1n) is 5.85. The first-order chi connectivity index (χ1) is 8.78. The summed E-state index contributed by atoms with van der Waals surface area (Å²) in [4.78, 5) is 5.50. The number of hydrogen-bond acceptors (Lipinski definition) is 2. The molecule has 0 saturated carbocycles. The highest BCUT2D eigenvalue weighted by Crippen LogP contribution is 2.07. The molecule has 0 bridgehead atoms. The van der Waals surface area contributed by atoms with Crippen LogP contribution in [0.2, 0.25) is 0 Å². The standard InChI is InChI=1S/C13H18N4S.HI/c1-14-13(16-9-12-4-3-7-18-12)15-8-11-5-6-17(2)10-11;/h3-7,10H,8-9H2,1-2H3,(H2,14,15,16);1H. The van der Waals surface area contributed by atoms with Gasteiger partial charge in [0.2, 0.25) is 0 Å². The van der Waals surface area contributed by atoms with Crippen molar-refractivity contribution in [3.63, 3.8) is 0 Å². The Bertz CT molecular complexity index is 504. The molecule has 19 heavy (non-hydrogen) atoms. The minimum absolute atomic E-state index is 0. The zero-order chi connectivity index (χ0) is 12.8. The van der Waals surface area contributed by atoms with E-state index < -0.39 is 0 Å². The van der Waals surface area contributed by atoms with Gasteiger partial charge >= 0.3 is 0 Å². The van der Waals surface area contributed by atoms with Gasteiger partial charge in [-0.1, -0.05) is 6.07 Å². The number of aryl methyl sites for hydroxylation is 1. The Morgan fingerprint density at radius 2 is 2.11 bits per heavy atom. The van der Waals surface area contributed by atoms with Crippen LogP contribution in [-0.4, -0.2) is 17.6 Å². The van der Waals surface area contributed by atoms with Crippen LogP contribution < -0.4 is 10.6 Å². The molecule has 2 aromatic heterocycles.